The molecule has 5 nitrogen and oxygen atoms in total. The van der Waals surface area contributed by atoms with Gasteiger partial charge < -0.3 is 5.32 Å². The fourth-order valence-corrected chi connectivity index (χ4v) is 4.85. The standard InChI is InChI=1S/C27H32N2O3S/c1-6-25(24-10-8-7-9-20(24)3)28-27(30)23-15-13-22(14-16-23)18-29(33(5,31)32)26-17-19(2)11-12-21(26)4/h7-17,25H,6,18H2,1-5H3,(H,28,30)/t25-/m0/s1. The second-order valence-corrected chi connectivity index (χ2v) is 10.5. The van der Waals surface area contributed by atoms with Crippen molar-refractivity contribution in [3.05, 3.63) is 100 Å². The van der Waals surface area contributed by atoms with E-state index < -0.39 is 10.0 Å². The lowest BCUT2D eigenvalue weighted by molar-refractivity contribution is 0.0935. The number of rotatable bonds is 8. The summed E-state index contributed by atoms with van der Waals surface area (Å²) in [7, 11) is -3.48. The summed E-state index contributed by atoms with van der Waals surface area (Å²) in [6.07, 6.45) is 2.00. The predicted octanol–water partition coefficient (Wildman–Crippen LogP) is 5.46. The number of amides is 1. The van der Waals surface area contributed by atoms with Gasteiger partial charge in [0.15, 0.2) is 0 Å². The number of benzene rings is 3. The monoisotopic (exact) mass is 464 g/mol. The van der Waals surface area contributed by atoms with Crippen LogP contribution in [-0.4, -0.2) is 20.6 Å². The van der Waals surface area contributed by atoms with Gasteiger partial charge >= 0.3 is 0 Å². The topological polar surface area (TPSA) is 66.5 Å². The van der Waals surface area contributed by atoms with Crippen LogP contribution in [0.3, 0.4) is 0 Å². The summed E-state index contributed by atoms with van der Waals surface area (Å²) in [6.45, 7) is 8.14. The van der Waals surface area contributed by atoms with Gasteiger partial charge in [-0.05, 0) is 73.2 Å². The zero-order valence-corrected chi connectivity index (χ0v) is 20.7. The largest absolute Gasteiger partial charge is 0.345 e. The number of nitrogens with one attached hydrogen (secondary N) is 1. The van der Waals surface area contributed by atoms with E-state index in [1.54, 1.807) is 12.1 Å². The molecule has 0 saturated heterocycles. The van der Waals surface area contributed by atoms with E-state index in [0.717, 1.165) is 34.2 Å². The molecule has 0 aromatic heterocycles. The lowest BCUT2D eigenvalue weighted by Crippen LogP contribution is -2.30. The van der Waals surface area contributed by atoms with E-state index in [0.29, 0.717) is 11.3 Å². The molecule has 0 saturated carbocycles. The Labute approximate surface area is 197 Å². The number of carbonyl (C=O) groups excluding carboxylic acids is 1. The van der Waals surface area contributed by atoms with Crippen LogP contribution in [0.4, 0.5) is 5.69 Å². The molecule has 0 aliphatic heterocycles. The van der Waals surface area contributed by atoms with Gasteiger partial charge in [0.25, 0.3) is 5.91 Å². The summed E-state index contributed by atoms with van der Waals surface area (Å²) < 4.78 is 26.5. The lowest BCUT2D eigenvalue weighted by atomic mass is 9.99. The maximum Gasteiger partial charge on any atom is 0.251 e. The van der Waals surface area contributed by atoms with Crippen molar-refractivity contribution in [2.24, 2.45) is 0 Å². The van der Waals surface area contributed by atoms with E-state index in [2.05, 4.69) is 5.32 Å². The molecule has 0 radical (unpaired) electrons. The minimum absolute atomic E-state index is 0.0663. The number of hydrogen-bond acceptors (Lipinski definition) is 3. The fraction of sp³-hybridized carbons (Fsp3) is 0.296. The number of nitrogens with zero attached hydrogens (tertiary/aromatic N) is 1. The van der Waals surface area contributed by atoms with Crippen LogP contribution in [-0.2, 0) is 16.6 Å². The highest BCUT2D eigenvalue weighted by Crippen LogP contribution is 2.26. The molecular formula is C27H32N2O3S. The van der Waals surface area contributed by atoms with E-state index in [9.17, 15) is 13.2 Å². The van der Waals surface area contributed by atoms with Crippen LogP contribution >= 0.6 is 0 Å². The van der Waals surface area contributed by atoms with Gasteiger partial charge in [0.2, 0.25) is 10.0 Å². The van der Waals surface area contributed by atoms with Gasteiger partial charge in [-0.25, -0.2) is 8.42 Å². The lowest BCUT2D eigenvalue weighted by Gasteiger charge is -2.25. The first kappa shape index (κ1) is 24.5. The molecule has 174 valence electrons. The summed E-state index contributed by atoms with van der Waals surface area (Å²) in [5, 5.41) is 3.12. The first-order chi connectivity index (χ1) is 15.6. The quantitative estimate of drug-likeness (QED) is 0.481. The highest BCUT2D eigenvalue weighted by atomic mass is 32.2. The molecule has 1 N–H and O–H groups in total. The van der Waals surface area contributed by atoms with Gasteiger partial charge in [-0.1, -0.05) is 55.5 Å². The van der Waals surface area contributed by atoms with Crippen molar-refractivity contribution in [1.29, 1.82) is 0 Å². The molecule has 33 heavy (non-hydrogen) atoms. The molecule has 0 spiro atoms. The smallest absolute Gasteiger partial charge is 0.251 e. The molecule has 0 fully saturated rings. The molecule has 0 bridgehead atoms. The van der Waals surface area contributed by atoms with E-state index in [-0.39, 0.29) is 18.5 Å². The summed E-state index contributed by atoms with van der Waals surface area (Å²) in [6, 6.07) is 20.9. The Bertz CT molecular complexity index is 1230. The first-order valence-corrected chi connectivity index (χ1v) is 12.9. The van der Waals surface area contributed by atoms with E-state index in [1.807, 2.05) is 82.3 Å². The van der Waals surface area contributed by atoms with Crippen LogP contribution in [0.2, 0.25) is 0 Å². The van der Waals surface area contributed by atoms with E-state index in [1.165, 1.54) is 10.6 Å². The molecule has 6 heteroatoms. The van der Waals surface area contributed by atoms with Crippen molar-refractivity contribution in [2.45, 2.75) is 46.7 Å². The Morgan fingerprint density at radius 1 is 0.939 bits per heavy atom. The van der Waals surface area contributed by atoms with Crippen LogP contribution in [0.25, 0.3) is 0 Å². The normalized spacial score (nSPS) is 12.3. The molecule has 0 heterocycles. The van der Waals surface area contributed by atoms with Crippen LogP contribution in [0.15, 0.2) is 66.7 Å². The zero-order valence-electron chi connectivity index (χ0n) is 19.9. The van der Waals surface area contributed by atoms with Crippen LogP contribution in [0.1, 0.15) is 57.6 Å². The van der Waals surface area contributed by atoms with Gasteiger partial charge in [0, 0.05) is 5.56 Å². The Balaban J connectivity index is 1.79. The third-order valence-corrected chi connectivity index (χ3v) is 6.98. The highest BCUT2D eigenvalue weighted by molar-refractivity contribution is 7.92. The number of sulfonamides is 1. The molecular weight excluding hydrogens is 432 g/mol. The maximum atomic E-state index is 12.9. The molecule has 3 aromatic rings. The number of hydrogen-bond donors (Lipinski definition) is 1. The summed E-state index contributed by atoms with van der Waals surface area (Å²) in [5.74, 6) is -0.147. The van der Waals surface area contributed by atoms with Crippen LogP contribution < -0.4 is 9.62 Å². The minimum Gasteiger partial charge on any atom is -0.345 e. The molecule has 3 rings (SSSR count). The first-order valence-electron chi connectivity index (χ1n) is 11.1. The molecule has 3 aromatic carbocycles. The van der Waals surface area contributed by atoms with Crippen LogP contribution in [0, 0.1) is 20.8 Å². The van der Waals surface area contributed by atoms with Crippen molar-refractivity contribution in [3.8, 4) is 0 Å². The summed E-state index contributed by atoms with van der Waals surface area (Å²) in [4.78, 5) is 12.9. The van der Waals surface area contributed by atoms with E-state index in [4.69, 9.17) is 0 Å². The SMILES string of the molecule is CC[C@H](NC(=O)c1ccc(CN(c2cc(C)ccc2C)S(C)(=O)=O)cc1)c1ccccc1C. The summed E-state index contributed by atoms with van der Waals surface area (Å²) in [5.41, 5.74) is 6.17. The third-order valence-electron chi connectivity index (χ3n) is 5.85. The van der Waals surface area contributed by atoms with Crippen molar-refractivity contribution in [2.75, 3.05) is 10.6 Å². The number of aryl methyl sites for hydroxylation is 3. The maximum absolute atomic E-state index is 12.9. The fourth-order valence-electron chi connectivity index (χ4n) is 3.92. The second-order valence-electron chi connectivity index (χ2n) is 8.55. The molecule has 1 atom stereocenters. The second kappa shape index (κ2) is 10.2. The predicted molar refractivity (Wildman–Crippen MR) is 135 cm³/mol. The third kappa shape index (κ3) is 6.02. The van der Waals surface area contributed by atoms with Crippen molar-refractivity contribution in [1.82, 2.24) is 5.32 Å². The average Bonchev–Trinajstić information content (AvgIpc) is 2.77. The van der Waals surface area contributed by atoms with Crippen LogP contribution in [0.5, 0.6) is 0 Å². The van der Waals surface area contributed by atoms with Gasteiger partial charge in [-0.15, -0.1) is 0 Å². The average molecular weight is 465 g/mol. The van der Waals surface area contributed by atoms with Crippen molar-refractivity contribution < 1.29 is 13.2 Å². The summed E-state index contributed by atoms with van der Waals surface area (Å²) >= 11 is 0. The van der Waals surface area contributed by atoms with Crippen molar-refractivity contribution >= 4 is 21.6 Å². The minimum atomic E-state index is -3.48. The highest BCUT2D eigenvalue weighted by Gasteiger charge is 2.20. The van der Waals surface area contributed by atoms with Crippen molar-refractivity contribution in [3.63, 3.8) is 0 Å². The Morgan fingerprint density at radius 2 is 1.61 bits per heavy atom. The molecule has 0 aliphatic carbocycles. The zero-order chi connectivity index (χ0) is 24.2. The van der Waals surface area contributed by atoms with Gasteiger partial charge in [0.05, 0.1) is 24.5 Å². The number of carbonyl (C=O) groups is 1. The molecule has 0 aliphatic rings. The molecule has 1 amide bonds. The Kier molecular flexibility index (Phi) is 7.59. The van der Waals surface area contributed by atoms with Gasteiger partial charge in [0.1, 0.15) is 0 Å². The molecule has 0 unspecified atom stereocenters. The van der Waals surface area contributed by atoms with E-state index >= 15 is 0 Å². The Hall–Kier alpha value is -3.12. The Morgan fingerprint density at radius 3 is 2.21 bits per heavy atom. The van der Waals surface area contributed by atoms with Gasteiger partial charge in [-0.2, -0.15) is 0 Å². The number of anilines is 1. The van der Waals surface area contributed by atoms with Gasteiger partial charge in [-0.3, -0.25) is 9.10 Å².